The summed E-state index contributed by atoms with van der Waals surface area (Å²) < 4.78 is 2.60. The molecule has 2 aromatic heterocycles. The maximum absolute atomic E-state index is 5.11. The highest BCUT2D eigenvalue weighted by Gasteiger charge is 2.46. The zero-order valence-corrected chi connectivity index (χ0v) is 27.8. The summed E-state index contributed by atoms with van der Waals surface area (Å²) >= 11 is 1.86. The van der Waals surface area contributed by atoms with Crippen LogP contribution in [0.1, 0.15) is 22.3 Å². The van der Waals surface area contributed by atoms with Gasteiger partial charge in [0.2, 0.25) is 0 Å². The molecule has 9 aromatic rings. The molecule has 234 valence electrons. The SMILES string of the molecule is c1ccc(-c2nc(-c3ccccc3)nc(-c3ccc4c(c3)C(c3ccccc3)(c3ccc5sc6ccccc6c5c3)c3ccccc3-4)n2)cc1. The van der Waals surface area contributed by atoms with E-state index in [0.29, 0.717) is 17.5 Å². The van der Waals surface area contributed by atoms with Gasteiger partial charge in [-0.1, -0.05) is 152 Å². The summed E-state index contributed by atoms with van der Waals surface area (Å²) in [4.78, 5) is 15.2. The second kappa shape index (κ2) is 11.4. The van der Waals surface area contributed by atoms with Crippen molar-refractivity contribution in [1.82, 2.24) is 15.0 Å². The maximum Gasteiger partial charge on any atom is 0.164 e. The van der Waals surface area contributed by atoms with Crippen molar-refractivity contribution in [1.29, 1.82) is 0 Å². The molecule has 1 atom stereocenters. The van der Waals surface area contributed by atoms with E-state index in [0.717, 1.165) is 16.7 Å². The van der Waals surface area contributed by atoms with Gasteiger partial charge in [-0.05, 0) is 57.6 Å². The Bertz CT molecular complexity index is 2640. The minimum absolute atomic E-state index is 0.558. The van der Waals surface area contributed by atoms with Gasteiger partial charge in [0.05, 0.1) is 5.41 Å². The highest BCUT2D eigenvalue weighted by molar-refractivity contribution is 7.25. The number of aromatic nitrogens is 3. The van der Waals surface area contributed by atoms with Crippen LogP contribution in [0.2, 0.25) is 0 Å². The number of hydrogen-bond donors (Lipinski definition) is 0. The highest BCUT2D eigenvalue weighted by Crippen LogP contribution is 2.57. The summed E-state index contributed by atoms with van der Waals surface area (Å²) in [5.74, 6) is 1.96. The summed E-state index contributed by atoms with van der Waals surface area (Å²) in [6.07, 6.45) is 0. The molecule has 0 saturated carbocycles. The average molecular weight is 656 g/mol. The van der Waals surface area contributed by atoms with E-state index in [-0.39, 0.29) is 0 Å². The molecule has 7 aromatic carbocycles. The van der Waals surface area contributed by atoms with Crippen LogP contribution in [-0.2, 0) is 5.41 Å². The zero-order valence-electron chi connectivity index (χ0n) is 27.0. The summed E-state index contributed by atoms with van der Waals surface area (Å²) in [5.41, 5.74) is 9.76. The zero-order chi connectivity index (χ0) is 33.1. The standard InChI is InChI=1S/C46H29N3S/c1-4-14-30(15-5-1)43-47-44(31-16-6-2-7-17-31)49-45(48-43)32-24-26-36-35-20-10-12-22-39(35)46(40(36)28-32,33-18-8-3-9-19-33)34-25-27-42-38(29-34)37-21-11-13-23-41(37)50-42/h1-29H. The Labute approximate surface area is 294 Å². The minimum Gasteiger partial charge on any atom is -0.208 e. The molecule has 0 amide bonds. The summed E-state index contributed by atoms with van der Waals surface area (Å²) in [7, 11) is 0. The molecule has 0 aliphatic heterocycles. The largest absolute Gasteiger partial charge is 0.208 e. The number of hydrogen-bond acceptors (Lipinski definition) is 4. The topological polar surface area (TPSA) is 38.7 Å². The van der Waals surface area contributed by atoms with E-state index in [4.69, 9.17) is 15.0 Å². The van der Waals surface area contributed by atoms with E-state index in [1.807, 2.05) is 47.7 Å². The maximum atomic E-state index is 5.11. The van der Waals surface area contributed by atoms with Gasteiger partial charge >= 0.3 is 0 Å². The van der Waals surface area contributed by atoms with Gasteiger partial charge in [0, 0.05) is 36.9 Å². The van der Waals surface area contributed by atoms with Crippen LogP contribution in [0.15, 0.2) is 176 Å². The average Bonchev–Trinajstić information content (AvgIpc) is 3.72. The van der Waals surface area contributed by atoms with E-state index in [1.165, 1.54) is 53.6 Å². The smallest absolute Gasteiger partial charge is 0.164 e. The van der Waals surface area contributed by atoms with Crippen molar-refractivity contribution in [2.75, 3.05) is 0 Å². The first kappa shape index (κ1) is 28.8. The third-order valence-electron chi connectivity index (χ3n) is 10.0. The van der Waals surface area contributed by atoms with Crippen LogP contribution in [0.25, 0.3) is 65.5 Å². The van der Waals surface area contributed by atoms with Gasteiger partial charge in [-0.25, -0.2) is 15.0 Å². The van der Waals surface area contributed by atoms with E-state index in [2.05, 4.69) is 140 Å². The molecule has 50 heavy (non-hydrogen) atoms. The Balaban J connectivity index is 1.26. The van der Waals surface area contributed by atoms with Crippen LogP contribution in [-0.4, -0.2) is 15.0 Å². The van der Waals surface area contributed by atoms with Crippen molar-refractivity contribution < 1.29 is 0 Å². The minimum atomic E-state index is -0.558. The van der Waals surface area contributed by atoms with Crippen LogP contribution in [0, 0.1) is 0 Å². The van der Waals surface area contributed by atoms with Gasteiger partial charge < -0.3 is 0 Å². The molecule has 0 spiro atoms. The van der Waals surface area contributed by atoms with Gasteiger partial charge in [0.25, 0.3) is 0 Å². The molecule has 2 heterocycles. The van der Waals surface area contributed by atoms with Gasteiger partial charge in [0.1, 0.15) is 0 Å². The summed E-state index contributed by atoms with van der Waals surface area (Å²) in [6, 6.07) is 62.8. The third-order valence-corrected chi connectivity index (χ3v) is 11.2. The van der Waals surface area contributed by atoms with E-state index < -0.39 is 5.41 Å². The second-order valence-electron chi connectivity index (χ2n) is 12.8. The van der Waals surface area contributed by atoms with Gasteiger partial charge in [-0.15, -0.1) is 11.3 Å². The Morgan fingerprint density at radius 3 is 1.64 bits per heavy atom. The molecular weight excluding hydrogens is 627 g/mol. The molecule has 0 saturated heterocycles. The number of rotatable bonds is 5. The lowest BCUT2D eigenvalue weighted by molar-refractivity contribution is 0.770. The van der Waals surface area contributed by atoms with Crippen LogP contribution >= 0.6 is 11.3 Å². The van der Waals surface area contributed by atoms with Crippen molar-refractivity contribution >= 4 is 31.5 Å². The van der Waals surface area contributed by atoms with E-state index >= 15 is 0 Å². The number of benzene rings is 7. The fourth-order valence-electron chi connectivity index (χ4n) is 7.79. The van der Waals surface area contributed by atoms with Crippen LogP contribution in [0.3, 0.4) is 0 Å². The van der Waals surface area contributed by atoms with Crippen molar-refractivity contribution in [3.8, 4) is 45.3 Å². The summed E-state index contributed by atoms with van der Waals surface area (Å²) in [5, 5.41) is 2.59. The van der Waals surface area contributed by atoms with Crippen molar-refractivity contribution in [3.05, 3.63) is 198 Å². The van der Waals surface area contributed by atoms with Crippen LogP contribution in [0.5, 0.6) is 0 Å². The van der Waals surface area contributed by atoms with Crippen molar-refractivity contribution in [2.45, 2.75) is 5.41 Å². The first-order valence-electron chi connectivity index (χ1n) is 16.9. The normalized spacial score (nSPS) is 14.9. The van der Waals surface area contributed by atoms with Gasteiger partial charge in [0.15, 0.2) is 17.5 Å². The molecule has 10 rings (SSSR count). The van der Waals surface area contributed by atoms with Crippen LogP contribution in [0.4, 0.5) is 0 Å². The number of nitrogens with zero attached hydrogens (tertiary/aromatic N) is 3. The van der Waals surface area contributed by atoms with Crippen molar-refractivity contribution in [2.24, 2.45) is 0 Å². The first-order chi connectivity index (χ1) is 24.8. The van der Waals surface area contributed by atoms with E-state index in [9.17, 15) is 0 Å². The lowest BCUT2D eigenvalue weighted by Gasteiger charge is -2.34. The Morgan fingerprint density at radius 2 is 0.920 bits per heavy atom. The monoisotopic (exact) mass is 655 g/mol. The third kappa shape index (κ3) is 4.39. The molecule has 0 fully saturated rings. The molecule has 0 radical (unpaired) electrons. The molecule has 1 unspecified atom stereocenters. The predicted molar refractivity (Wildman–Crippen MR) is 206 cm³/mol. The molecule has 1 aliphatic rings. The lowest BCUT2D eigenvalue weighted by atomic mass is 9.67. The molecule has 0 bridgehead atoms. The molecule has 0 N–H and O–H groups in total. The second-order valence-corrected chi connectivity index (χ2v) is 13.9. The molecular formula is C46H29N3S. The highest BCUT2D eigenvalue weighted by atomic mass is 32.1. The lowest BCUT2D eigenvalue weighted by Crippen LogP contribution is -2.28. The molecule has 1 aliphatic carbocycles. The quantitative estimate of drug-likeness (QED) is 0.185. The molecule has 4 heteroatoms. The number of thiophene rings is 1. The van der Waals surface area contributed by atoms with Crippen molar-refractivity contribution in [3.63, 3.8) is 0 Å². The Hall–Kier alpha value is -6.23. The van der Waals surface area contributed by atoms with Gasteiger partial charge in [-0.2, -0.15) is 0 Å². The predicted octanol–water partition coefficient (Wildman–Crippen LogP) is 11.6. The fraction of sp³-hybridized carbons (Fsp3) is 0.0217. The number of fused-ring (bicyclic) bond motifs is 6. The van der Waals surface area contributed by atoms with Crippen LogP contribution < -0.4 is 0 Å². The Morgan fingerprint density at radius 1 is 0.360 bits per heavy atom. The first-order valence-corrected chi connectivity index (χ1v) is 17.7. The summed E-state index contributed by atoms with van der Waals surface area (Å²) in [6.45, 7) is 0. The Kier molecular flexibility index (Phi) is 6.58. The van der Waals surface area contributed by atoms with Gasteiger partial charge in [-0.3, -0.25) is 0 Å². The molecule has 3 nitrogen and oxygen atoms in total. The fourth-order valence-corrected chi connectivity index (χ4v) is 8.88. The van der Waals surface area contributed by atoms with E-state index in [1.54, 1.807) is 0 Å².